The van der Waals surface area contributed by atoms with Crippen LogP contribution < -0.4 is 9.62 Å². The predicted octanol–water partition coefficient (Wildman–Crippen LogP) is 6.10. The number of amides is 1. The number of benzene rings is 3. The summed E-state index contributed by atoms with van der Waals surface area (Å²) in [5.41, 5.74) is 2.16. The van der Waals surface area contributed by atoms with Crippen LogP contribution in [0.2, 0.25) is 15.1 Å². The Hall–Kier alpha value is -2.25. The van der Waals surface area contributed by atoms with E-state index in [1.54, 1.807) is 49.4 Å². The molecule has 0 saturated heterocycles. The monoisotopic (exact) mass is 496 g/mol. The van der Waals surface area contributed by atoms with Gasteiger partial charge < -0.3 is 5.32 Å². The third-order valence-corrected chi connectivity index (χ3v) is 7.10. The van der Waals surface area contributed by atoms with Gasteiger partial charge in [-0.3, -0.25) is 9.10 Å². The van der Waals surface area contributed by atoms with Gasteiger partial charge in [0.2, 0.25) is 5.91 Å². The van der Waals surface area contributed by atoms with Crippen LogP contribution in [0.15, 0.2) is 65.6 Å². The number of nitrogens with zero attached hydrogens (tertiary/aromatic N) is 1. The molecule has 0 aliphatic carbocycles. The van der Waals surface area contributed by atoms with Gasteiger partial charge in [0.05, 0.1) is 21.3 Å². The molecule has 31 heavy (non-hydrogen) atoms. The van der Waals surface area contributed by atoms with Gasteiger partial charge in [-0.05, 0) is 67.9 Å². The van der Waals surface area contributed by atoms with E-state index in [1.807, 2.05) is 6.92 Å². The predicted molar refractivity (Wildman–Crippen MR) is 127 cm³/mol. The molecule has 0 fully saturated rings. The van der Waals surface area contributed by atoms with E-state index in [0.717, 1.165) is 9.87 Å². The highest BCUT2D eigenvalue weighted by molar-refractivity contribution is 7.92. The van der Waals surface area contributed by atoms with Crippen LogP contribution in [0.4, 0.5) is 11.4 Å². The molecule has 3 rings (SSSR count). The number of carbonyl (C=O) groups excluding carboxylic acids is 1. The van der Waals surface area contributed by atoms with Crippen LogP contribution in [-0.4, -0.2) is 20.9 Å². The molecule has 5 nitrogen and oxygen atoms in total. The molecule has 0 bridgehead atoms. The van der Waals surface area contributed by atoms with Gasteiger partial charge >= 0.3 is 0 Å². The van der Waals surface area contributed by atoms with Crippen molar-refractivity contribution in [2.45, 2.75) is 18.7 Å². The summed E-state index contributed by atoms with van der Waals surface area (Å²) in [7, 11) is -4.04. The van der Waals surface area contributed by atoms with Crippen molar-refractivity contribution < 1.29 is 13.2 Å². The van der Waals surface area contributed by atoms with Gasteiger partial charge in [-0.25, -0.2) is 8.42 Å². The Kier molecular flexibility index (Phi) is 7.17. The summed E-state index contributed by atoms with van der Waals surface area (Å²) >= 11 is 18.1. The molecule has 1 amide bonds. The van der Waals surface area contributed by atoms with Crippen LogP contribution in [0.1, 0.15) is 11.1 Å². The second-order valence-electron chi connectivity index (χ2n) is 6.93. The second kappa shape index (κ2) is 9.49. The molecule has 1 N–H and O–H groups in total. The lowest BCUT2D eigenvalue weighted by atomic mass is 10.2. The fourth-order valence-electron chi connectivity index (χ4n) is 2.95. The maximum Gasteiger partial charge on any atom is 0.264 e. The number of carbonyl (C=O) groups is 1. The van der Waals surface area contributed by atoms with Gasteiger partial charge in [0, 0.05) is 10.0 Å². The van der Waals surface area contributed by atoms with Crippen molar-refractivity contribution >= 4 is 62.1 Å². The quantitative estimate of drug-likeness (QED) is 0.447. The third kappa shape index (κ3) is 5.52. The number of hydrogen-bond acceptors (Lipinski definition) is 3. The third-order valence-electron chi connectivity index (χ3n) is 4.53. The standard InChI is InChI=1S/C22H19Cl3N2O3S/c1-14-3-7-18(8-4-14)31(29,30)27(21-10-6-16(23)11-15(21)2)13-22(28)26-20-12-17(24)5-9-19(20)25/h3-12H,13H2,1-2H3,(H,26,28). The average molecular weight is 498 g/mol. The van der Waals surface area contributed by atoms with Gasteiger partial charge in [-0.2, -0.15) is 0 Å². The zero-order valence-electron chi connectivity index (χ0n) is 16.7. The molecule has 162 valence electrons. The molecule has 0 unspecified atom stereocenters. The van der Waals surface area contributed by atoms with Crippen LogP contribution in [0.5, 0.6) is 0 Å². The Morgan fingerprint density at radius 3 is 2.16 bits per heavy atom. The Labute approximate surface area is 196 Å². The molecule has 3 aromatic rings. The number of aryl methyl sites for hydroxylation is 2. The zero-order valence-corrected chi connectivity index (χ0v) is 19.8. The van der Waals surface area contributed by atoms with E-state index < -0.39 is 22.5 Å². The molecule has 0 spiro atoms. The Morgan fingerprint density at radius 1 is 0.903 bits per heavy atom. The lowest BCUT2D eigenvalue weighted by Gasteiger charge is -2.26. The van der Waals surface area contributed by atoms with Crippen LogP contribution in [-0.2, 0) is 14.8 Å². The first-order chi connectivity index (χ1) is 14.6. The summed E-state index contributed by atoms with van der Waals surface area (Å²) in [6, 6.07) is 15.8. The zero-order chi connectivity index (χ0) is 22.8. The average Bonchev–Trinajstić information content (AvgIpc) is 2.70. The SMILES string of the molecule is Cc1ccc(S(=O)(=O)N(CC(=O)Nc2cc(Cl)ccc2Cl)c2ccc(Cl)cc2C)cc1. The van der Waals surface area contributed by atoms with E-state index in [0.29, 0.717) is 27.0 Å². The summed E-state index contributed by atoms with van der Waals surface area (Å²) in [6.45, 7) is 3.12. The van der Waals surface area contributed by atoms with Gasteiger partial charge in [-0.1, -0.05) is 52.5 Å². The van der Waals surface area contributed by atoms with E-state index in [9.17, 15) is 13.2 Å². The van der Waals surface area contributed by atoms with Crippen LogP contribution >= 0.6 is 34.8 Å². The number of sulfonamides is 1. The summed E-state index contributed by atoms with van der Waals surface area (Å²) in [4.78, 5) is 12.9. The molecule has 3 aromatic carbocycles. The molecular formula is C22H19Cl3N2O3S. The summed E-state index contributed by atoms with van der Waals surface area (Å²) in [6.07, 6.45) is 0. The molecular weight excluding hydrogens is 479 g/mol. The lowest BCUT2D eigenvalue weighted by Crippen LogP contribution is -2.38. The molecule has 0 aliphatic heterocycles. The molecule has 0 aromatic heterocycles. The fourth-order valence-corrected chi connectivity index (χ4v) is 5.00. The molecule has 9 heteroatoms. The minimum Gasteiger partial charge on any atom is -0.323 e. The first-order valence-corrected chi connectivity index (χ1v) is 11.8. The van der Waals surface area contributed by atoms with E-state index >= 15 is 0 Å². The minimum atomic E-state index is -4.04. The Balaban J connectivity index is 2.00. The highest BCUT2D eigenvalue weighted by Gasteiger charge is 2.28. The smallest absolute Gasteiger partial charge is 0.264 e. The lowest BCUT2D eigenvalue weighted by molar-refractivity contribution is -0.114. The van der Waals surface area contributed by atoms with Crippen molar-refractivity contribution in [2.75, 3.05) is 16.2 Å². The number of anilines is 2. The van der Waals surface area contributed by atoms with Gasteiger partial charge in [0.25, 0.3) is 10.0 Å². The van der Waals surface area contributed by atoms with Crippen molar-refractivity contribution in [1.29, 1.82) is 0 Å². The molecule has 0 radical (unpaired) electrons. The largest absolute Gasteiger partial charge is 0.323 e. The number of rotatable bonds is 6. The van der Waals surface area contributed by atoms with Crippen molar-refractivity contribution in [3.8, 4) is 0 Å². The van der Waals surface area contributed by atoms with E-state index in [2.05, 4.69) is 5.32 Å². The Morgan fingerprint density at radius 2 is 1.52 bits per heavy atom. The molecule has 0 aliphatic rings. The van der Waals surface area contributed by atoms with Gasteiger partial charge in [0.1, 0.15) is 6.54 Å². The summed E-state index contributed by atoms with van der Waals surface area (Å²) in [5.74, 6) is -0.575. The molecule has 0 saturated carbocycles. The topological polar surface area (TPSA) is 66.5 Å². The van der Waals surface area contributed by atoms with Gasteiger partial charge in [0.15, 0.2) is 0 Å². The number of halogens is 3. The second-order valence-corrected chi connectivity index (χ2v) is 10.1. The van der Waals surface area contributed by atoms with Crippen LogP contribution in [0.3, 0.4) is 0 Å². The first kappa shape index (κ1) is 23.4. The number of nitrogens with one attached hydrogen (secondary N) is 1. The maximum atomic E-state index is 13.5. The van der Waals surface area contributed by atoms with Crippen LogP contribution in [0.25, 0.3) is 0 Å². The Bertz CT molecular complexity index is 1230. The molecule has 0 atom stereocenters. The van der Waals surface area contributed by atoms with Crippen molar-refractivity contribution in [3.63, 3.8) is 0 Å². The highest BCUT2D eigenvalue weighted by Crippen LogP contribution is 2.30. The summed E-state index contributed by atoms with van der Waals surface area (Å²) < 4.78 is 28.0. The van der Waals surface area contributed by atoms with Crippen molar-refractivity contribution in [2.24, 2.45) is 0 Å². The summed E-state index contributed by atoms with van der Waals surface area (Å²) in [5, 5.41) is 3.76. The minimum absolute atomic E-state index is 0.0704. The van der Waals surface area contributed by atoms with E-state index in [-0.39, 0.29) is 9.92 Å². The first-order valence-electron chi connectivity index (χ1n) is 9.18. The van der Waals surface area contributed by atoms with Gasteiger partial charge in [-0.15, -0.1) is 0 Å². The van der Waals surface area contributed by atoms with Crippen molar-refractivity contribution in [3.05, 3.63) is 86.9 Å². The maximum absolute atomic E-state index is 13.5. The highest BCUT2D eigenvalue weighted by atomic mass is 35.5. The van der Waals surface area contributed by atoms with Crippen molar-refractivity contribution in [1.82, 2.24) is 0 Å². The molecule has 0 heterocycles. The number of hydrogen-bond donors (Lipinski definition) is 1. The van der Waals surface area contributed by atoms with Crippen LogP contribution in [0, 0.1) is 13.8 Å². The van der Waals surface area contributed by atoms with E-state index in [4.69, 9.17) is 34.8 Å². The fraction of sp³-hybridized carbons (Fsp3) is 0.136. The van der Waals surface area contributed by atoms with E-state index in [1.165, 1.54) is 18.2 Å². The normalized spacial score (nSPS) is 11.3.